The number of carbonyl (C=O) groups excluding carboxylic acids is 1. The number of likely N-dealkylation sites (tertiary alicyclic amines) is 1. The lowest BCUT2D eigenvalue weighted by molar-refractivity contribution is -0.129. The van der Waals surface area contributed by atoms with Crippen LogP contribution in [0, 0.1) is 0 Å². The van der Waals surface area contributed by atoms with Crippen LogP contribution in [0.15, 0.2) is 0 Å². The monoisotopic (exact) mass is 317 g/mol. The highest BCUT2D eigenvalue weighted by molar-refractivity contribution is 5.74. The minimum Gasteiger partial charge on any atom is -0.333 e. The van der Waals surface area contributed by atoms with E-state index in [1.807, 2.05) is 4.90 Å². The zero-order valence-electron chi connectivity index (χ0n) is 14.1. The molecule has 1 saturated carbocycles. The second-order valence-electron chi connectivity index (χ2n) is 7.22. The van der Waals surface area contributed by atoms with E-state index in [4.69, 9.17) is 0 Å². The van der Waals surface area contributed by atoms with Crippen molar-refractivity contribution >= 4 is 5.91 Å². The molecule has 6 heteroatoms. The number of aromatic nitrogens is 3. The van der Waals surface area contributed by atoms with Crippen LogP contribution >= 0.6 is 0 Å². The SMILES string of the molecule is CC(=O)N1CCCC1c1nnc2n1CCN(C1CCCC1)CC2. The van der Waals surface area contributed by atoms with Gasteiger partial charge in [-0.25, -0.2) is 0 Å². The maximum atomic E-state index is 11.9. The van der Waals surface area contributed by atoms with Gasteiger partial charge < -0.3 is 9.47 Å². The van der Waals surface area contributed by atoms with Gasteiger partial charge in [-0.05, 0) is 25.7 Å². The van der Waals surface area contributed by atoms with E-state index in [1.165, 1.54) is 25.7 Å². The molecule has 1 saturated heterocycles. The number of amides is 1. The average Bonchev–Trinajstić information content (AvgIpc) is 3.25. The molecule has 1 atom stereocenters. The molecular formula is C17H27N5O. The van der Waals surface area contributed by atoms with Gasteiger partial charge in [0.25, 0.3) is 0 Å². The van der Waals surface area contributed by atoms with Crippen molar-refractivity contribution in [1.29, 1.82) is 0 Å². The molecule has 0 spiro atoms. The molecule has 1 unspecified atom stereocenters. The molecule has 0 bridgehead atoms. The summed E-state index contributed by atoms with van der Waals surface area (Å²) >= 11 is 0. The van der Waals surface area contributed by atoms with Gasteiger partial charge >= 0.3 is 0 Å². The fourth-order valence-corrected chi connectivity index (χ4v) is 4.65. The lowest BCUT2D eigenvalue weighted by atomic mass is 10.2. The molecule has 0 radical (unpaired) electrons. The first-order chi connectivity index (χ1) is 11.2. The van der Waals surface area contributed by atoms with E-state index in [1.54, 1.807) is 6.92 Å². The van der Waals surface area contributed by atoms with Crippen molar-refractivity contribution in [2.24, 2.45) is 0 Å². The molecule has 3 heterocycles. The Bertz CT molecular complexity index is 578. The molecule has 0 N–H and O–H groups in total. The van der Waals surface area contributed by atoms with Crippen LogP contribution in [0.25, 0.3) is 0 Å². The number of hydrogen-bond donors (Lipinski definition) is 0. The molecule has 1 aliphatic carbocycles. The smallest absolute Gasteiger partial charge is 0.220 e. The van der Waals surface area contributed by atoms with E-state index in [2.05, 4.69) is 19.7 Å². The van der Waals surface area contributed by atoms with Crippen molar-refractivity contribution in [2.75, 3.05) is 19.6 Å². The Balaban J connectivity index is 1.53. The topological polar surface area (TPSA) is 54.3 Å². The van der Waals surface area contributed by atoms with Gasteiger partial charge in [-0.1, -0.05) is 12.8 Å². The molecule has 3 aliphatic rings. The zero-order chi connectivity index (χ0) is 15.8. The predicted octanol–water partition coefficient (Wildman–Crippen LogP) is 1.76. The summed E-state index contributed by atoms with van der Waals surface area (Å²) in [6.07, 6.45) is 8.55. The number of carbonyl (C=O) groups is 1. The largest absolute Gasteiger partial charge is 0.333 e. The van der Waals surface area contributed by atoms with Gasteiger partial charge in [-0.15, -0.1) is 10.2 Å². The third kappa shape index (κ3) is 2.77. The highest BCUT2D eigenvalue weighted by Crippen LogP contribution is 2.32. The molecule has 126 valence electrons. The van der Waals surface area contributed by atoms with Crippen molar-refractivity contribution < 1.29 is 4.79 Å². The van der Waals surface area contributed by atoms with Gasteiger partial charge in [0.15, 0.2) is 5.82 Å². The molecule has 1 aromatic heterocycles. The molecule has 2 fully saturated rings. The van der Waals surface area contributed by atoms with Crippen LogP contribution in [0.1, 0.15) is 63.1 Å². The van der Waals surface area contributed by atoms with Crippen molar-refractivity contribution in [1.82, 2.24) is 24.6 Å². The normalized spacial score (nSPS) is 26.5. The molecule has 4 rings (SSSR count). The maximum Gasteiger partial charge on any atom is 0.220 e. The molecular weight excluding hydrogens is 290 g/mol. The van der Waals surface area contributed by atoms with Crippen molar-refractivity contribution in [3.63, 3.8) is 0 Å². The molecule has 6 nitrogen and oxygen atoms in total. The fourth-order valence-electron chi connectivity index (χ4n) is 4.65. The van der Waals surface area contributed by atoms with E-state index in [9.17, 15) is 4.79 Å². The molecule has 2 aliphatic heterocycles. The van der Waals surface area contributed by atoms with E-state index >= 15 is 0 Å². The van der Waals surface area contributed by atoms with Crippen LogP contribution < -0.4 is 0 Å². The van der Waals surface area contributed by atoms with E-state index in [0.717, 1.165) is 63.1 Å². The van der Waals surface area contributed by atoms with Crippen LogP contribution in [0.4, 0.5) is 0 Å². The number of fused-ring (bicyclic) bond motifs is 1. The van der Waals surface area contributed by atoms with Gasteiger partial charge in [0.2, 0.25) is 5.91 Å². The molecule has 1 amide bonds. The Morgan fingerprint density at radius 2 is 1.83 bits per heavy atom. The van der Waals surface area contributed by atoms with Crippen molar-refractivity contribution in [3.05, 3.63) is 11.6 Å². The number of nitrogens with zero attached hydrogens (tertiary/aromatic N) is 5. The van der Waals surface area contributed by atoms with Crippen molar-refractivity contribution in [3.8, 4) is 0 Å². The van der Waals surface area contributed by atoms with Crippen LogP contribution in [0.5, 0.6) is 0 Å². The Kier molecular flexibility index (Phi) is 4.09. The summed E-state index contributed by atoms with van der Waals surface area (Å²) < 4.78 is 2.31. The quantitative estimate of drug-likeness (QED) is 0.834. The van der Waals surface area contributed by atoms with Gasteiger partial charge in [0, 0.05) is 45.6 Å². The highest BCUT2D eigenvalue weighted by Gasteiger charge is 2.34. The van der Waals surface area contributed by atoms with Crippen molar-refractivity contribution in [2.45, 2.75) is 70.5 Å². The summed E-state index contributed by atoms with van der Waals surface area (Å²) in [5.74, 6) is 2.28. The molecule has 1 aromatic rings. The van der Waals surface area contributed by atoms with Gasteiger partial charge in [0.05, 0.1) is 6.04 Å². The standard InChI is InChI=1S/C17H27N5O/c1-13(23)21-9-4-7-15(21)17-19-18-16-8-10-20(11-12-22(16)17)14-5-2-3-6-14/h14-15H,2-12H2,1H3. The maximum absolute atomic E-state index is 11.9. The van der Waals surface area contributed by atoms with Gasteiger partial charge in [0.1, 0.15) is 5.82 Å². The second-order valence-corrected chi connectivity index (χ2v) is 7.22. The average molecular weight is 317 g/mol. The first-order valence-electron chi connectivity index (χ1n) is 9.17. The Morgan fingerprint density at radius 3 is 2.61 bits per heavy atom. The minimum atomic E-state index is 0.131. The third-order valence-corrected chi connectivity index (χ3v) is 5.89. The zero-order valence-corrected chi connectivity index (χ0v) is 14.1. The number of hydrogen-bond acceptors (Lipinski definition) is 4. The lowest BCUT2D eigenvalue weighted by Crippen LogP contribution is -2.36. The summed E-state index contributed by atoms with van der Waals surface area (Å²) in [6.45, 7) is 5.69. The predicted molar refractivity (Wildman–Crippen MR) is 86.9 cm³/mol. The Morgan fingerprint density at radius 1 is 1.00 bits per heavy atom. The third-order valence-electron chi connectivity index (χ3n) is 5.89. The summed E-state index contributed by atoms with van der Waals surface area (Å²) in [4.78, 5) is 16.5. The Hall–Kier alpha value is -1.43. The van der Waals surface area contributed by atoms with E-state index in [0.29, 0.717) is 0 Å². The summed E-state index contributed by atoms with van der Waals surface area (Å²) in [5, 5.41) is 8.94. The molecule has 0 aromatic carbocycles. The summed E-state index contributed by atoms with van der Waals surface area (Å²) in [7, 11) is 0. The van der Waals surface area contributed by atoms with Crippen LogP contribution in [-0.2, 0) is 17.8 Å². The number of rotatable bonds is 2. The fraction of sp³-hybridized carbons (Fsp3) is 0.824. The summed E-state index contributed by atoms with van der Waals surface area (Å²) in [6, 6.07) is 0.906. The van der Waals surface area contributed by atoms with E-state index < -0.39 is 0 Å². The van der Waals surface area contributed by atoms with Crippen LogP contribution in [0.3, 0.4) is 0 Å². The molecule has 23 heavy (non-hydrogen) atoms. The van der Waals surface area contributed by atoms with Crippen LogP contribution in [-0.4, -0.2) is 56.1 Å². The minimum absolute atomic E-state index is 0.131. The summed E-state index contributed by atoms with van der Waals surface area (Å²) in [5.41, 5.74) is 0. The van der Waals surface area contributed by atoms with Crippen LogP contribution in [0.2, 0.25) is 0 Å². The van der Waals surface area contributed by atoms with Gasteiger partial charge in [-0.2, -0.15) is 0 Å². The first kappa shape index (κ1) is 15.1. The first-order valence-corrected chi connectivity index (χ1v) is 9.17. The van der Waals surface area contributed by atoms with E-state index in [-0.39, 0.29) is 11.9 Å². The second kappa shape index (κ2) is 6.23. The van der Waals surface area contributed by atoms with Gasteiger partial charge in [-0.3, -0.25) is 9.69 Å². The Labute approximate surface area is 137 Å². The highest BCUT2D eigenvalue weighted by atomic mass is 16.2. The lowest BCUT2D eigenvalue weighted by Gasteiger charge is -2.27.